The largest absolute Gasteiger partial charge is 0.352 e. The predicted octanol–water partition coefficient (Wildman–Crippen LogP) is 7.93. The quantitative estimate of drug-likeness (QED) is 0.275. The normalized spacial score (nSPS) is 14.6. The molecule has 1 aliphatic carbocycles. The minimum absolute atomic E-state index is 0.0596. The Labute approximate surface area is 244 Å². The number of nitrogens with one attached hydrogen (secondary N) is 1. The maximum absolute atomic E-state index is 13.9. The molecule has 0 aliphatic heterocycles. The molecule has 38 heavy (non-hydrogen) atoms. The lowest BCUT2D eigenvalue weighted by Crippen LogP contribution is -2.53. The Balaban J connectivity index is 1.68. The van der Waals surface area contributed by atoms with Crippen LogP contribution in [-0.4, -0.2) is 28.8 Å². The minimum atomic E-state index is -0.735. The van der Waals surface area contributed by atoms with Crippen molar-refractivity contribution in [3.05, 3.63) is 104 Å². The molecule has 0 aromatic heterocycles. The van der Waals surface area contributed by atoms with E-state index in [0.717, 1.165) is 31.2 Å². The fourth-order valence-corrected chi connectivity index (χ4v) is 5.65. The van der Waals surface area contributed by atoms with Gasteiger partial charge in [-0.05, 0) is 53.8 Å². The van der Waals surface area contributed by atoms with Crippen LogP contribution in [0.3, 0.4) is 0 Å². The predicted molar refractivity (Wildman–Crippen MR) is 156 cm³/mol. The first-order valence-electron chi connectivity index (χ1n) is 12.8. The first kappa shape index (κ1) is 28.8. The Kier molecular flexibility index (Phi) is 10.4. The average Bonchev–Trinajstić information content (AvgIpc) is 2.90. The second-order valence-electron chi connectivity index (χ2n) is 9.73. The lowest BCUT2D eigenvalue weighted by Gasteiger charge is -2.34. The molecule has 0 radical (unpaired) electrons. The fraction of sp³-hybridized carbons (Fsp3) is 0.333. The summed E-state index contributed by atoms with van der Waals surface area (Å²) in [5.74, 6) is -0.373. The van der Waals surface area contributed by atoms with E-state index in [-0.39, 0.29) is 30.8 Å². The Morgan fingerprint density at radius 2 is 1.55 bits per heavy atom. The van der Waals surface area contributed by atoms with Crippen LogP contribution in [0.25, 0.3) is 0 Å². The van der Waals surface area contributed by atoms with Crippen molar-refractivity contribution in [1.82, 2.24) is 10.2 Å². The Hall–Kier alpha value is -2.24. The minimum Gasteiger partial charge on any atom is -0.352 e. The summed E-state index contributed by atoms with van der Waals surface area (Å²) in [6, 6.07) is 19.4. The van der Waals surface area contributed by atoms with Crippen LogP contribution in [0.4, 0.5) is 0 Å². The smallest absolute Gasteiger partial charge is 0.243 e. The number of hydrogen-bond donors (Lipinski definition) is 1. The van der Waals surface area contributed by atoms with Crippen LogP contribution < -0.4 is 5.32 Å². The van der Waals surface area contributed by atoms with E-state index in [9.17, 15) is 9.59 Å². The third kappa shape index (κ3) is 7.89. The van der Waals surface area contributed by atoms with Crippen molar-refractivity contribution in [3.8, 4) is 0 Å². The molecular weight excluding hydrogens is 562 g/mol. The van der Waals surface area contributed by atoms with Gasteiger partial charge < -0.3 is 10.2 Å². The number of halogens is 4. The van der Waals surface area contributed by atoms with E-state index in [1.165, 1.54) is 6.42 Å². The van der Waals surface area contributed by atoms with Gasteiger partial charge in [0.25, 0.3) is 0 Å². The van der Waals surface area contributed by atoms with Crippen molar-refractivity contribution < 1.29 is 9.59 Å². The van der Waals surface area contributed by atoms with Crippen LogP contribution >= 0.6 is 46.4 Å². The molecule has 1 N–H and O–H groups in total. The third-order valence-electron chi connectivity index (χ3n) is 6.92. The van der Waals surface area contributed by atoms with Crippen LogP contribution in [0.1, 0.15) is 48.8 Å². The molecule has 1 aliphatic rings. The summed E-state index contributed by atoms with van der Waals surface area (Å²) in [5, 5.41) is 4.98. The zero-order valence-corrected chi connectivity index (χ0v) is 24.0. The monoisotopic (exact) mass is 590 g/mol. The van der Waals surface area contributed by atoms with Crippen LogP contribution in [0.2, 0.25) is 20.1 Å². The van der Waals surface area contributed by atoms with Gasteiger partial charge >= 0.3 is 0 Å². The summed E-state index contributed by atoms with van der Waals surface area (Å²) in [6.45, 7) is 0.158. The molecule has 0 bridgehead atoms. The molecule has 0 spiro atoms. The summed E-state index contributed by atoms with van der Waals surface area (Å²) in [5.41, 5.74) is 2.38. The highest BCUT2D eigenvalue weighted by molar-refractivity contribution is 6.42. The molecule has 0 saturated heterocycles. The maximum Gasteiger partial charge on any atom is 0.243 e. The van der Waals surface area contributed by atoms with E-state index in [2.05, 4.69) is 5.32 Å². The van der Waals surface area contributed by atoms with Crippen molar-refractivity contribution in [2.45, 2.75) is 63.6 Å². The molecule has 4 rings (SSSR count). The van der Waals surface area contributed by atoms with E-state index >= 15 is 0 Å². The molecule has 3 aromatic carbocycles. The van der Waals surface area contributed by atoms with Gasteiger partial charge in [-0.3, -0.25) is 9.59 Å². The second-order valence-corrected chi connectivity index (χ2v) is 11.4. The first-order valence-corrected chi connectivity index (χ1v) is 14.3. The van der Waals surface area contributed by atoms with Crippen molar-refractivity contribution in [2.24, 2.45) is 0 Å². The van der Waals surface area contributed by atoms with Gasteiger partial charge in [-0.25, -0.2) is 0 Å². The number of amides is 2. The van der Waals surface area contributed by atoms with Gasteiger partial charge in [0, 0.05) is 29.1 Å². The molecule has 4 nitrogen and oxygen atoms in total. The SMILES string of the molecule is O=C(NC1CCCCC1)[C@@H](Cc1ccccc1)N(Cc1ccc(Cl)cc1Cl)C(=O)Cc1ccc(Cl)c(Cl)c1. The van der Waals surface area contributed by atoms with Crippen molar-refractivity contribution in [1.29, 1.82) is 0 Å². The van der Waals surface area contributed by atoms with Crippen molar-refractivity contribution in [2.75, 3.05) is 0 Å². The average molecular weight is 592 g/mol. The van der Waals surface area contributed by atoms with Gasteiger partial charge in [0.05, 0.1) is 16.5 Å². The van der Waals surface area contributed by atoms with E-state index in [1.807, 2.05) is 30.3 Å². The van der Waals surface area contributed by atoms with Crippen LogP contribution in [-0.2, 0) is 29.0 Å². The molecule has 1 fully saturated rings. The van der Waals surface area contributed by atoms with Crippen LogP contribution in [0.15, 0.2) is 66.7 Å². The highest BCUT2D eigenvalue weighted by Gasteiger charge is 2.32. The Bertz CT molecular complexity index is 1260. The molecule has 8 heteroatoms. The second kappa shape index (κ2) is 13.7. The Morgan fingerprint density at radius 3 is 2.24 bits per heavy atom. The van der Waals surface area contributed by atoms with Gasteiger partial charge in [0.1, 0.15) is 6.04 Å². The number of hydrogen-bond acceptors (Lipinski definition) is 2. The van der Waals surface area contributed by atoms with Gasteiger partial charge in [0.15, 0.2) is 0 Å². The molecule has 0 heterocycles. The fourth-order valence-electron chi connectivity index (χ4n) is 4.86. The highest BCUT2D eigenvalue weighted by atomic mass is 35.5. The number of carbonyl (C=O) groups excluding carboxylic acids is 2. The van der Waals surface area contributed by atoms with Crippen LogP contribution in [0, 0.1) is 0 Å². The van der Waals surface area contributed by atoms with Crippen molar-refractivity contribution in [3.63, 3.8) is 0 Å². The zero-order valence-electron chi connectivity index (χ0n) is 20.9. The van der Waals surface area contributed by atoms with E-state index in [1.54, 1.807) is 41.3 Å². The van der Waals surface area contributed by atoms with Gasteiger partial charge in [0.2, 0.25) is 11.8 Å². The molecular formula is C30H30Cl4N2O2. The van der Waals surface area contributed by atoms with Crippen molar-refractivity contribution >= 4 is 58.2 Å². The molecule has 2 amide bonds. The third-order valence-corrected chi connectivity index (χ3v) is 8.24. The summed E-state index contributed by atoms with van der Waals surface area (Å²) in [4.78, 5) is 29.4. The maximum atomic E-state index is 13.9. The zero-order chi connectivity index (χ0) is 27.1. The van der Waals surface area contributed by atoms with E-state index in [0.29, 0.717) is 37.6 Å². The lowest BCUT2D eigenvalue weighted by molar-refractivity contribution is -0.141. The standard InChI is InChI=1S/C30H30Cl4N2O2/c31-23-13-12-22(26(33)18-23)19-36(29(37)17-21-11-14-25(32)27(34)15-21)28(16-20-7-3-1-4-8-20)30(38)35-24-9-5-2-6-10-24/h1,3-4,7-8,11-15,18,24,28H,2,5-6,9-10,16-17,19H2,(H,35,38)/t28-/m1/s1. The first-order chi connectivity index (χ1) is 18.3. The van der Waals surface area contributed by atoms with Gasteiger partial charge in [-0.2, -0.15) is 0 Å². The lowest BCUT2D eigenvalue weighted by atomic mass is 9.94. The number of carbonyl (C=O) groups is 2. The van der Waals surface area contributed by atoms with Crippen LogP contribution in [0.5, 0.6) is 0 Å². The summed E-state index contributed by atoms with van der Waals surface area (Å²) < 4.78 is 0. The Morgan fingerprint density at radius 1 is 0.816 bits per heavy atom. The van der Waals surface area contributed by atoms with E-state index < -0.39 is 6.04 Å². The number of nitrogens with zero attached hydrogens (tertiary/aromatic N) is 1. The highest BCUT2D eigenvalue weighted by Crippen LogP contribution is 2.27. The molecule has 200 valence electrons. The van der Waals surface area contributed by atoms with Gasteiger partial charge in [-0.1, -0.05) is 108 Å². The summed E-state index contributed by atoms with van der Waals surface area (Å²) in [6.07, 6.45) is 5.70. The topological polar surface area (TPSA) is 49.4 Å². The van der Waals surface area contributed by atoms with Gasteiger partial charge in [-0.15, -0.1) is 0 Å². The molecule has 3 aromatic rings. The van der Waals surface area contributed by atoms with E-state index in [4.69, 9.17) is 46.4 Å². The number of benzene rings is 3. The molecule has 0 unspecified atom stereocenters. The molecule has 1 saturated carbocycles. The molecule has 1 atom stereocenters. The summed E-state index contributed by atoms with van der Waals surface area (Å²) >= 11 is 25.0. The number of rotatable bonds is 9. The summed E-state index contributed by atoms with van der Waals surface area (Å²) in [7, 11) is 0.